The number of thiophene rings is 1. The molecule has 91 heavy (non-hydrogen) atoms. The van der Waals surface area contributed by atoms with E-state index in [9.17, 15) is 0 Å². The van der Waals surface area contributed by atoms with Gasteiger partial charge in [-0.2, -0.15) is 0 Å². The Morgan fingerprint density at radius 1 is 0.198 bits per heavy atom. The summed E-state index contributed by atoms with van der Waals surface area (Å²) in [5.74, 6) is 0. The lowest BCUT2D eigenvalue weighted by Crippen LogP contribution is -2.12. The molecule has 0 N–H and O–H groups in total. The number of fused-ring (bicyclic) bond motifs is 14. The molecule has 18 rings (SSSR count). The zero-order valence-electron chi connectivity index (χ0n) is 49.6. The predicted octanol–water partition coefficient (Wildman–Crippen LogP) is 25.7. The van der Waals surface area contributed by atoms with E-state index in [0.717, 1.165) is 45.3 Å². The zero-order chi connectivity index (χ0) is 59.9. The molecular formula is C88H56N2S. The lowest BCUT2D eigenvalue weighted by atomic mass is 9.94. The lowest BCUT2D eigenvalue weighted by Gasteiger charge is -2.30. The molecule has 0 atom stereocenters. The van der Waals surface area contributed by atoms with Crippen LogP contribution < -0.4 is 9.80 Å². The summed E-state index contributed by atoms with van der Waals surface area (Å²) in [7, 11) is 0. The molecule has 0 aliphatic carbocycles. The average Bonchev–Trinajstić information content (AvgIpc) is 1.76. The average molecular weight is 1170 g/mol. The fourth-order valence-electron chi connectivity index (χ4n) is 14.4. The number of hydrogen-bond acceptors (Lipinski definition) is 3. The van der Waals surface area contributed by atoms with Gasteiger partial charge in [-0.3, -0.25) is 0 Å². The normalized spacial score (nSPS) is 11.7. The second kappa shape index (κ2) is 21.6. The summed E-state index contributed by atoms with van der Waals surface area (Å²) in [6.07, 6.45) is 0. The van der Waals surface area contributed by atoms with E-state index in [4.69, 9.17) is 0 Å². The Hall–Kier alpha value is -11.6. The second-order valence-electron chi connectivity index (χ2n) is 23.9. The second-order valence-corrected chi connectivity index (χ2v) is 25.0. The van der Waals surface area contributed by atoms with Crippen LogP contribution in [0.4, 0.5) is 34.1 Å². The Kier molecular flexibility index (Phi) is 12.5. The van der Waals surface area contributed by atoms with Crippen LogP contribution in [0.25, 0.3) is 140 Å². The first kappa shape index (κ1) is 52.5. The molecule has 0 aliphatic rings. The predicted molar refractivity (Wildman–Crippen MR) is 393 cm³/mol. The van der Waals surface area contributed by atoms with Crippen molar-refractivity contribution in [1.82, 2.24) is 0 Å². The highest BCUT2D eigenvalue weighted by Gasteiger charge is 2.24. The minimum absolute atomic E-state index is 1.06. The van der Waals surface area contributed by atoms with Crippen LogP contribution in [0.1, 0.15) is 0 Å². The van der Waals surface area contributed by atoms with Crippen LogP contribution in [0, 0.1) is 0 Å². The molecule has 0 fully saturated rings. The van der Waals surface area contributed by atoms with E-state index in [-0.39, 0.29) is 0 Å². The molecule has 18 aromatic rings. The molecule has 1 aromatic heterocycles. The summed E-state index contributed by atoms with van der Waals surface area (Å²) in [4.78, 5) is 4.93. The number of nitrogens with zero attached hydrogens (tertiary/aromatic N) is 2. The Balaban J connectivity index is 0.789. The van der Waals surface area contributed by atoms with Gasteiger partial charge in [0.25, 0.3) is 0 Å². The van der Waals surface area contributed by atoms with Crippen LogP contribution >= 0.6 is 11.3 Å². The zero-order valence-corrected chi connectivity index (χ0v) is 50.5. The first-order chi connectivity index (χ1) is 45.1. The molecule has 0 radical (unpaired) electrons. The van der Waals surface area contributed by atoms with Crippen LogP contribution in [0.2, 0.25) is 0 Å². The third-order valence-electron chi connectivity index (χ3n) is 18.7. The van der Waals surface area contributed by atoms with Gasteiger partial charge in [0.1, 0.15) is 0 Å². The maximum Gasteiger partial charge on any atom is 0.0546 e. The van der Waals surface area contributed by atoms with Crippen molar-refractivity contribution < 1.29 is 0 Å². The van der Waals surface area contributed by atoms with Gasteiger partial charge in [-0.05, 0) is 194 Å². The summed E-state index contributed by atoms with van der Waals surface area (Å²) < 4.78 is 2.63. The van der Waals surface area contributed by atoms with Crippen molar-refractivity contribution >= 4 is 141 Å². The molecule has 0 bridgehead atoms. The van der Waals surface area contributed by atoms with Crippen molar-refractivity contribution in [3.8, 4) is 44.5 Å². The van der Waals surface area contributed by atoms with Crippen molar-refractivity contribution in [3.63, 3.8) is 0 Å². The molecule has 1 heterocycles. The van der Waals surface area contributed by atoms with Gasteiger partial charge in [0.2, 0.25) is 0 Å². The van der Waals surface area contributed by atoms with Gasteiger partial charge in [0, 0.05) is 53.9 Å². The molecular weight excluding hydrogens is 1120 g/mol. The minimum atomic E-state index is 1.06. The van der Waals surface area contributed by atoms with Gasteiger partial charge < -0.3 is 9.80 Å². The van der Waals surface area contributed by atoms with E-state index in [0.29, 0.717) is 0 Å². The van der Waals surface area contributed by atoms with Crippen LogP contribution in [0.15, 0.2) is 340 Å². The van der Waals surface area contributed by atoms with E-state index < -0.39 is 0 Å². The highest BCUT2D eigenvalue weighted by atomic mass is 32.1. The molecule has 17 aromatic carbocycles. The summed E-state index contributed by atoms with van der Waals surface area (Å²) in [6, 6.07) is 126. The first-order valence-corrected chi connectivity index (χ1v) is 32.1. The third kappa shape index (κ3) is 9.00. The van der Waals surface area contributed by atoms with Gasteiger partial charge >= 0.3 is 0 Å². The van der Waals surface area contributed by atoms with Gasteiger partial charge in [0.05, 0.1) is 11.4 Å². The number of hydrogen-bond donors (Lipinski definition) is 0. The quantitative estimate of drug-likeness (QED) is 0.126. The Morgan fingerprint density at radius 3 is 1.38 bits per heavy atom. The standard InChI is InChI=1S/C88H56N2S/c1-2-17-57(18-3-1)61-41-49-76-67(51-61)35-36-68-54-72(47-50-77(68)76)89(69-43-37-58(38-44-69)62-42-48-75-66(52-62)34-33-59-19-4-7-24-73(59)75)71-23-16-22-63(53-71)78-26-12-14-31-84(78)90(85-56-65-21-5-8-25-74(65)80-28-10-11-29-81(80)85)70-45-39-60(40-46-70)83-55-64-20-6-9-27-79(64)88-87(83)82-30-13-15-32-86(82)91-88/h1-56H. The van der Waals surface area contributed by atoms with Crippen molar-refractivity contribution in [1.29, 1.82) is 0 Å². The van der Waals surface area contributed by atoms with Gasteiger partial charge in [-0.1, -0.05) is 255 Å². The first-order valence-electron chi connectivity index (χ1n) is 31.3. The van der Waals surface area contributed by atoms with E-state index in [1.54, 1.807) is 0 Å². The Labute approximate surface area is 531 Å². The van der Waals surface area contributed by atoms with Crippen LogP contribution in [0.3, 0.4) is 0 Å². The molecule has 424 valence electrons. The van der Waals surface area contributed by atoms with E-state index in [1.165, 1.54) is 129 Å². The molecule has 0 spiro atoms. The van der Waals surface area contributed by atoms with E-state index >= 15 is 0 Å². The third-order valence-corrected chi connectivity index (χ3v) is 19.9. The summed E-state index contributed by atoms with van der Waals surface area (Å²) >= 11 is 1.89. The number of anilines is 6. The molecule has 0 saturated heterocycles. The van der Waals surface area contributed by atoms with Crippen LogP contribution in [0.5, 0.6) is 0 Å². The molecule has 0 unspecified atom stereocenters. The lowest BCUT2D eigenvalue weighted by molar-refractivity contribution is 1.28. The molecule has 0 amide bonds. The van der Waals surface area contributed by atoms with Crippen molar-refractivity contribution in [3.05, 3.63) is 340 Å². The highest BCUT2D eigenvalue weighted by Crippen LogP contribution is 2.49. The summed E-state index contributed by atoms with van der Waals surface area (Å²) in [6.45, 7) is 0. The van der Waals surface area contributed by atoms with Crippen molar-refractivity contribution in [2.24, 2.45) is 0 Å². The maximum atomic E-state index is 2.50. The number of rotatable bonds is 10. The largest absolute Gasteiger partial charge is 0.310 e. The smallest absolute Gasteiger partial charge is 0.0546 e. The highest BCUT2D eigenvalue weighted by molar-refractivity contribution is 7.26. The molecule has 2 nitrogen and oxygen atoms in total. The fraction of sp³-hybridized carbons (Fsp3) is 0. The molecule has 0 aliphatic heterocycles. The Morgan fingerprint density at radius 2 is 0.659 bits per heavy atom. The minimum Gasteiger partial charge on any atom is -0.310 e. The summed E-state index contributed by atoms with van der Waals surface area (Å²) in [5, 5.41) is 19.9. The van der Waals surface area contributed by atoms with Gasteiger partial charge in [-0.15, -0.1) is 11.3 Å². The monoisotopic (exact) mass is 1170 g/mol. The van der Waals surface area contributed by atoms with Crippen molar-refractivity contribution in [2.45, 2.75) is 0 Å². The van der Waals surface area contributed by atoms with Crippen molar-refractivity contribution in [2.75, 3.05) is 9.80 Å². The Bertz CT molecular complexity index is 5900. The SMILES string of the molecule is c1ccc(-c2ccc3c(ccc4cc(N(c5ccc(-c6ccc7c(ccc8ccccc87)c6)cc5)c5cccc(-c6ccccc6N(c6ccc(-c7cc8ccccc8c8sc9ccccc9c78)cc6)c6cc7ccccc7c7ccccc67)c5)ccc43)c2)cc1. The fourth-order valence-corrected chi connectivity index (χ4v) is 15.6. The summed E-state index contributed by atoms with van der Waals surface area (Å²) in [5.41, 5.74) is 15.9. The topological polar surface area (TPSA) is 6.48 Å². The number of para-hydroxylation sites is 1. The van der Waals surface area contributed by atoms with Crippen LogP contribution in [-0.2, 0) is 0 Å². The van der Waals surface area contributed by atoms with Gasteiger partial charge in [-0.25, -0.2) is 0 Å². The van der Waals surface area contributed by atoms with E-state index in [2.05, 4.69) is 350 Å². The maximum absolute atomic E-state index is 2.50. The molecule has 0 saturated carbocycles. The number of benzene rings is 17. The van der Waals surface area contributed by atoms with Crippen LogP contribution in [-0.4, -0.2) is 0 Å². The molecule has 3 heteroatoms. The van der Waals surface area contributed by atoms with E-state index in [1.807, 2.05) is 11.3 Å². The van der Waals surface area contributed by atoms with Gasteiger partial charge in [0.15, 0.2) is 0 Å².